The smallest absolute Gasteiger partial charge is 0.192 e. The number of pyridine rings is 1. The maximum atomic E-state index is 2.66. The van der Waals surface area contributed by atoms with Gasteiger partial charge in [0.25, 0.3) is 0 Å². The van der Waals surface area contributed by atoms with Crippen molar-refractivity contribution >= 4 is 11.1 Å². The van der Waals surface area contributed by atoms with E-state index in [1.165, 1.54) is 50.2 Å². The molecule has 0 saturated heterocycles. The fourth-order valence-corrected chi connectivity index (χ4v) is 6.73. The third-order valence-corrected chi connectivity index (χ3v) is 8.36. The van der Waals surface area contributed by atoms with Crippen LogP contribution >= 0.6 is 0 Å². The van der Waals surface area contributed by atoms with Gasteiger partial charge >= 0.3 is 0 Å². The summed E-state index contributed by atoms with van der Waals surface area (Å²) in [6, 6.07) is 18.5. The molecule has 32 heavy (non-hydrogen) atoms. The molecule has 1 nitrogen and oxygen atoms in total. The Morgan fingerprint density at radius 1 is 0.875 bits per heavy atom. The summed E-state index contributed by atoms with van der Waals surface area (Å²) in [6.07, 6.45) is 5.85. The highest BCUT2D eigenvalue weighted by atomic mass is 15.1. The van der Waals surface area contributed by atoms with Gasteiger partial charge in [-0.3, -0.25) is 0 Å². The van der Waals surface area contributed by atoms with Gasteiger partial charge in [0.1, 0.15) is 0 Å². The van der Waals surface area contributed by atoms with Crippen molar-refractivity contribution in [3.63, 3.8) is 0 Å². The molecule has 0 N–H and O–H groups in total. The van der Waals surface area contributed by atoms with Gasteiger partial charge in [0.2, 0.25) is 5.69 Å². The van der Waals surface area contributed by atoms with E-state index in [2.05, 4.69) is 108 Å². The SMILES string of the molecule is CCC1(CC)CC2=C(c3ccc(-c4c(C)cc(C)cc4C)c[n+]31)C(C)(C)c1ccccc12. The van der Waals surface area contributed by atoms with Crippen molar-refractivity contribution in [3.05, 3.63) is 88.2 Å². The third kappa shape index (κ3) is 2.80. The Morgan fingerprint density at radius 2 is 1.53 bits per heavy atom. The van der Waals surface area contributed by atoms with Crippen LogP contribution in [0.4, 0.5) is 0 Å². The number of fused-ring (bicyclic) bond motifs is 4. The monoisotopic (exact) mass is 422 g/mol. The second-order valence-corrected chi connectivity index (χ2v) is 10.6. The van der Waals surface area contributed by atoms with Crippen LogP contribution in [0.3, 0.4) is 0 Å². The van der Waals surface area contributed by atoms with Crippen molar-refractivity contribution in [1.82, 2.24) is 0 Å². The minimum Gasteiger partial charge on any atom is -0.192 e. The number of hydrogen-bond donors (Lipinski definition) is 0. The average Bonchev–Trinajstić information content (AvgIpc) is 2.99. The zero-order chi connectivity index (χ0) is 22.8. The maximum absolute atomic E-state index is 2.66. The Labute approximate surface area is 193 Å². The highest BCUT2D eigenvalue weighted by Gasteiger charge is 2.51. The molecule has 164 valence electrons. The van der Waals surface area contributed by atoms with Crippen LogP contribution in [0, 0.1) is 20.8 Å². The summed E-state index contributed by atoms with van der Waals surface area (Å²) in [5, 5.41) is 0. The Morgan fingerprint density at radius 3 is 2.19 bits per heavy atom. The van der Waals surface area contributed by atoms with Gasteiger partial charge in [0, 0.05) is 41.9 Å². The van der Waals surface area contributed by atoms with Gasteiger partial charge in [-0.2, -0.15) is 4.57 Å². The molecule has 0 bridgehead atoms. The zero-order valence-corrected chi connectivity index (χ0v) is 20.8. The van der Waals surface area contributed by atoms with Crippen molar-refractivity contribution < 1.29 is 4.57 Å². The van der Waals surface area contributed by atoms with Crippen LogP contribution in [0.25, 0.3) is 22.3 Å². The highest BCUT2D eigenvalue weighted by molar-refractivity contribution is 6.00. The Kier molecular flexibility index (Phi) is 4.75. The second kappa shape index (κ2) is 7.17. The van der Waals surface area contributed by atoms with E-state index < -0.39 is 0 Å². The number of aromatic nitrogens is 1. The van der Waals surface area contributed by atoms with Gasteiger partial charge < -0.3 is 0 Å². The molecule has 1 heteroatoms. The second-order valence-electron chi connectivity index (χ2n) is 10.6. The van der Waals surface area contributed by atoms with Gasteiger partial charge in [0.05, 0.1) is 0 Å². The summed E-state index contributed by atoms with van der Waals surface area (Å²) >= 11 is 0. The van der Waals surface area contributed by atoms with Crippen molar-refractivity contribution in [2.24, 2.45) is 0 Å². The van der Waals surface area contributed by atoms with E-state index in [9.17, 15) is 0 Å². The summed E-state index contributed by atoms with van der Waals surface area (Å²) < 4.78 is 2.66. The molecule has 0 spiro atoms. The van der Waals surface area contributed by atoms with Crippen molar-refractivity contribution in [1.29, 1.82) is 0 Å². The molecule has 0 amide bonds. The van der Waals surface area contributed by atoms with Crippen LogP contribution in [0.1, 0.15) is 80.5 Å². The van der Waals surface area contributed by atoms with Crippen LogP contribution in [-0.2, 0) is 11.0 Å². The molecule has 1 aliphatic heterocycles. The molecule has 1 aromatic heterocycles. The van der Waals surface area contributed by atoms with Gasteiger partial charge in [-0.1, -0.05) is 69.7 Å². The summed E-state index contributed by atoms with van der Waals surface area (Å²) in [5.74, 6) is 0. The van der Waals surface area contributed by atoms with Crippen molar-refractivity contribution in [2.45, 2.75) is 78.7 Å². The molecule has 2 aliphatic rings. The number of aryl methyl sites for hydroxylation is 3. The number of rotatable bonds is 3. The molecule has 0 saturated carbocycles. The van der Waals surface area contributed by atoms with E-state index in [0.29, 0.717) is 0 Å². The predicted octanol–water partition coefficient (Wildman–Crippen LogP) is 7.69. The predicted molar refractivity (Wildman–Crippen MR) is 136 cm³/mol. The van der Waals surface area contributed by atoms with Crippen LogP contribution in [0.15, 0.2) is 54.7 Å². The van der Waals surface area contributed by atoms with Crippen LogP contribution in [0.5, 0.6) is 0 Å². The van der Waals surface area contributed by atoms with E-state index in [-0.39, 0.29) is 11.0 Å². The van der Waals surface area contributed by atoms with Gasteiger partial charge in [0.15, 0.2) is 11.7 Å². The number of hydrogen-bond acceptors (Lipinski definition) is 0. The fourth-order valence-electron chi connectivity index (χ4n) is 6.73. The van der Waals surface area contributed by atoms with Crippen LogP contribution in [-0.4, -0.2) is 0 Å². The molecule has 2 aromatic carbocycles. The maximum Gasteiger partial charge on any atom is 0.210 e. The summed E-state index contributed by atoms with van der Waals surface area (Å²) in [7, 11) is 0. The minimum absolute atomic E-state index is 0.0263. The fraction of sp³-hybridized carbons (Fsp3) is 0.387. The largest absolute Gasteiger partial charge is 0.210 e. The first-order valence-electron chi connectivity index (χ1n) is 12.2. The van der Waals surface area contributed by atoms with E-state index in [0.717, 1.165) is 19.3 Å². The van der Waals surface area contributed by atoms with Crippen molar-refractivity contribution in [2.75, 3.05) is 0 Å². The topological polar surface area (TPSA) is 3.88 Å². The molecule has 3 aromatic rings. The quantitative estimate of drug-likeness (QED) is 0.381. The lowest BCUT2D eigenvalue weighted by Crippen LogP contribution is -2.60. The van der Waals surface area contributed by atoms with Gasteiger partial charge in [-0.25, -0.2) is 0 Å². The Balaban J connectivity index is 1.79. The first kappa shape index (κ1) is 21.2. The first-order valence-corrected chi connectivity index (χ1v) is 12.2. The zero-order valence-electron chi connectivity index (χ0n) is 20.8. The molecule has 0 unspecified atom stereocenters. The first-order chi connectivity index (χ1) is 15.2. The summed E-state index contributed by atoms with van der Waals surface area (Å²) in [4.78, 5) is 0. The lowest BCUT2D eigenvalue weighted by atomic mass is 9.74. The summed E-state index contributed by atoms with van der Waals surface area (Å²) in [6.45, 7) is 16.3. The Hall–Kier alpha value is -2.67. The number of nitrogens with zero attached hydrogens (tertiary/aromatic N) is 1. The highest BCUT2D eigenvalue weighted by Crippen LogP contribution is 2.55. The Bertz CT molecular complexity index is 1240. The van der Waals surface area contributed by atoms with E-state index in [1.54, 1.807) is 5.57 Å². The van der Waals surface area contributed by atoms with Gasteiger partial charge in [-0.15, -0.1) is 0 Å². The average molecular weight is 423 g/mol. The minimum atomic E-state index is 0.0263. The lowest BCUT2D eigenvalue weighted by Gasteiger charge is -2.35. The molecule has 5 rings (SSSR count). The normalized spacial score (nSPS) is 17.7. The molecule has 0 radical (unpaired) electrons. The standard InChI is InChI=1S/C31H36N/c1-8-31(9-2)18-25-24-12-10-11-13-26(24)30(6,7)29(25)27-15-14-23(19-32(27)31)28-21(4)16-20(3)17-22(28)5/h10-17,19H,8-9,18H2,1-7H3/q+1. The molecular weight excluding hydrogens is 386 g/mol. The van der Waals surface area contributed by atoms with E-state index in [1.807, 2.05) is 0 Å². The molecule has 0 atom stereocenters. The van der Waals surface area contributed by atoms with Crippen LogP contribution < -0.4 is 4.57 Å². The molecular formula is C31H36N+. The lowest BCUT2D eigenvalue weighted by molar-refractivity contribution is -0.768. The third-order valence-electron chi connectivity index (χ3n) is 8.36. The van der Waals surface area contributed by atoms with E-state index in [4.69, 9.17) is 0 Å². The van der Waals surface area contributed by atoms with Crippen molar-refractivity contribution in [3.8, 4) is 11.1 Å². The van der Waals surface area contributed by atoms with E-state index >= 15 is 0 Å². The van der Waals surface area contributed by atoms with Crippen LogP contribution in [0.2, 0.25) is 0 Å². The molecule has 0 fully saturated rings. The molecule has 2 heterocycles. The van der Waals surface area contributed by atoms with Gasteiger partial charge in [-0.05, 0) is 60.2 Å². The molecule has 1 aliphatic carbocycles. The number of allylic oxidation sites excluding steroid dienone is 2. The number of benzene rings is 2. The summed E-state index contributed by atoms with van der Waals surface area (Å²) in [5.41, 5.74) is 14.4.